The van der Waals surface area contributed by atoms with Gasteiger partial charge in [0.15, 0.2) is 5.82 Å². The predicted molar refractivity (Wildman–Crippen MR) is 96.2 cm³/mol. The lowest BCUT2D eigenvalue weighted by atomic mass is 10.1. The van der Waals surface area contributed by atoms with E-state index in [1.807, 2.05) is 6.92 Å². The fourth-order valence-electron chi connectivity index (χ4n) is 2.36. The van der Waals surface area contributed by atoms with Gasteiger partial charge in [-0.15, -0.1) is 10.2 Å². The zero-order valence-electron chi connectivity index (χ0n) is 14.0. The van der Waals surface area contributed by atoms with Crippen LogP contribution >= 0.6 is 11.3 Å². The largest absolute Gasteiger partial charge is 0.356 e. The molecule has 0 bridgehead atoms. The standard InChI is InChI=1S/C15H18N6O3S2/c1-10-18-19-15-21(10)20-14(25-15)7-6-13(22)17-9-8-11-2-4-12(5-3-11)26(16,23)24/h2-5H,6-9H2,1H3,(H,17,22)(H2,16,23,24). The zero-order valence-corrected chi connectivity index (χ0v) is 15.7. The van der Waals surface area contributed by atoms with Crippen molar-refractivity contribution < 1.29 is 13.2 Å². The molecule has 0 aliphatic carbocycles. The number of carbonyl (C=O) groups is 1. The summed E-state index contributed by atoms with van der Waals surface area (Å²) in [7, 11) is -3.68. The summed E-state index contributed by atoms with van der Waals surface area (Å²) in [4.78, 5) is 12.7. The minimum absolute atomic E-state index is 0.0613. The first-order valence-electron chi connectivity index (χ1n) is 7.89. The molecule has 3 aromatic rings. The summed E-state index contributed by atoms with van der Waals surface area (Å²) < 4.78 is 24.1. The highest BCUT2D eigenvalue weighted by Crippen LogP contribution is 2.15. The van der Waals surface area contributed by atoms with Crippen LogP contribution in [0.5, 0.6) is 0 Å². The van der Waals surface area contributed by atoms with Gasteiger partial charge >= 0.3 is 0 Å². The van der Waals surface area contributed by atoms with Crippen molar-refractivity contribution in [2.24, 2.45) is 5.14 Å². The van der Waals surface area contributed by atoms with Crippen LogP contribution in [0.2, 0.25) is 0 Å². The molecule has 1 aromatic carbocycles. The maximum Gasteiger partial charge on any atom is 0.238 e. The smallest absolute Gasteiger partial charge is 0.238 e. The van der Waals surface area contributed by atoms with Gasteiger partial charge in [0.1, 0.15) is 5.01 Å². The number of amides is 1. The van der Waals surface area contributed by atoms with Crippen LogP contribution in [0.4, 0.5) is 0 Å². The van der Waals surface area contributed by atoms with Crippen LogP contribution in [-0.2, 0) is 27.7 Å². The van der Waals surface area contributed by atoms with Crippen LogP contribution in [0.25, 0.3) is 4.96 Å². The van der Waals surface area contributed by atoms with Crippen LogP contribution < -0.4 is 10.5 Å². The second-order valence-electron chi connectivity index (χ2n) is 5.73. The average molecular weight is 394 g/mol. The van der Waals surface area contributed by atoms with Crippen molar-refractivity contribution in [2.75, 3.05) is 6.54 Å². The highest BCUT2D eigenvalue weighted by Gasteiger charge is 2.10. The third-order valence-corrected chi connectivity index (χ3v) is 5.63. The number of aryl methyl sites for hydroxylation is 2. The Morgan fingerprint density at radius 3 is 2.62 bits per heavy atom. The van der Waals surface area contributed by atoms with E-state index in [2.05, 4.69) is 20.6 Å². The van der Waals surface area contributed by atoms with Gasteiger partial charge in [-0.3, -0.25) is 4.79 Å². The number of sulfonamides is 1. The molecule has 0 aliphatic rings. The number of nitrogens with zero attached hydrogens (tertiary/aromatic N) is 4. The van der Waals surface area contributed by atoms with Gasteiger partial charge in [0.2, 0.25) is 20.9 Å². The van der Waals surface area contributed by atoms with E-state index in [-0.39, 0.29) is 10.8 Å². The number of nitrogens with one attached hydrogen (secondary N) is 1. The first-order chi connectivity index (χ1) is 12.3. The van der Waals surface area contributed by atoms with Gasteiger partial charge in [-0.1, -0.05) is 23.5 Å². The Bertz CT molecular complexity index is 1020. The number of nitrogens with two attached hydrogens (primary N) is 1. The molecule has 0 saturated carbocycles. The van der Waals surface area contributed by atoms with Crippen molar-refractivity contribution in [3.05, 3.63) is 40.7 Å². The average Bonchev–Trinajstić information content (AvgIpc) is 3.14. The van der Waals surface area contributed by atoms with Crippen molar-refractivity contribution >= 4 is 32.2 Å². The molecule has 2 heterocycles. The molecule has 2 aromatic heterocycles. The normalized spacial score (nSPS) is 11.8. The monoisotopic (exact) mass is 394 g/mol. The van der Waals surface area contributed by atoms with Crippen molar-refractivity contribution in [1.82, 2.24) is 25.1 Å². The van der Waals surface area contributed by atoms with Crippen molar-refractivity contribution in [3.63, 3.8) is 0 Å². The van der Waals surface area contributed by atoms with E-state index in [9.17, 15) is 13.2 Å². The van der Waals surface area contributed by atoms with Crippen LogP contribution in [0.15, 0.2) is 29.2 Å². The van der Waals surface area contributed by atoms with Crippen LogP contribution in [0.3, 0.4) is 0 Å². The summed E-state index contributed by atoms with van der Waals surface area (Å²) in [5.74, 6) is 0.661. The van der Waals surface area contributed by atoms with E-state index in [1.54, 1.807) is 16.6 Å². The number of hydrogen-bond acceptors (Lipinski definition) is 7. The number of hydrogen-bond donors (Lipinski definition) is 2. The number of aromatic nitrogens is 4. The number of carbonyl (C=O) groups excluding carboxylic acids is 1. The van der Waals surface area contributed by atoms with E-state index >= 15 is 0 Å². The van der Waals surface area contributed by atoms with E-state index in [4.69, 9.17) is 5.14 Å². The Labute approximate surface area is 154 Å². The lowest BCUT2D eigenvalue weighted by Gasteiger charge is -2.05. The van der Waals surface area contributed by atoms with E-state index < -0.39 is 10.0 Å². The SMILES string of the molecule is Cc1nnc2sc(CCC(=O)NCCc3ccc(S(N)(=O)=O)cc3)nn12. The molecule has 3 N–H and O–H groups in total. The summed E-state index contributed by atoms with van der Waals surface area (Å²) in [6, 6.07) is 6.30. The molecular formula is C15H18N6O3S2. The summed E-state index contributed by atoms with van der Waals surface area (Å²) in [6.07, 6.45) is 1.49. The second kappa shape index (κ2) is 7.48. The van der Waals surface area contributed by atoms with Crippen molar-refractivity contribution in [3.8, 4) is 0 Å². The molecule has 0 fully saturated rings. The highest BCUT2D eigenvalue weighted by molar-refractivity contribution is 7.89. The van der Waals surface area contributed by atoms with Gasteiger partial charge in [0, 0.05) is 19.4 Å². The minimum atomic E-state index is -3.68. The lowest BCUT2D eigenvalue weighted by Crippen LogP contribution is -2.25. The van der Waals surface area contributed by atoms with Gasteiger partial charge in [-0.25, -0.2) is 13.6 Å². The lowest BCUT2D eigenvalue weighted by molar-refractivity contribution is -0.121. The molecule has 9 nitrogen and oxygen atoms in total. The summed E-state index contributed by atoms with van der Waals surface area (Å²) in [5.41, 5.74) is 0.918. The first kappa shape index (κ1) is 18.4. The maximum absolute atomic E-state index is 11.9. The number of benzene rings is 1. The van der Waals surface area contributed by atoms with Crippen molar-refractivity contribution in [1.29, 1.82) is 0 Å². The van der Waals surface area contributed by atoms with Gasteiger partial charge in [-0.2, -0.15) is 9.61 Å². The number of rotatable bonds is 7. The van der Waals surface area contributed by atoms with Gasteiger partial charge in [0.05, 0.1) is 4.90 Å². The molecule has 26 heavy (non-hydrogen) atoms. The minimum Gasteiger partial charge on any atom is -0.356 e. The summed E-state index contributed by atoms with van der Waals surface area (Å²) >= 11 is 1.42. The molecule has 1 amide bonds. The fourth-order valence-corrected chi connectivity index (χ4v) is 3.75. The van der Waals surface area contributed by atoms with E-state index in [0.717, 1.165) is 21.4 Å². The Morgan fingerprint density at radius 2 is 1.96 bits per heavy atom. The fraction of sp³-hybridized carbons (Fsp3) is 0.333. The molecule has 0 radical (unpaired) electrons. The predicted octanol–water partition coefficient (Wildman–Crippen LogP) is 0.433. The van der Waals surface area contributed by atoms with Crippen molar-refractivity contribution in [2.45, 2.75) is 31.1 Å². The van der Waals surface area contributed by atoms with Gasteiger partial charge in [-0.05, 0) is 31.0 Å². The Balaban J connectivity index is 1.44. The molecule has 0 atom stereocenters. The third kappa shape index (κ3) is 4.42. The second-order valence-corrected chi connectivity index (χ2v) is 8.33. The third-order valence-electron chi connectivity index (χ3n) is 3.74. The first-order valence-corrected chi connectivity index (χ1v) is 10.3. The molecule has 0 spiro atoms. The number of fused-ring (bicyclic) bond motifs is 1. The van der Waals surface area contributed by atoms with Crippen LogP contribution in [0, 0.1) is 6.92 Å². The van der Waals surface area contributed by atoms with Crippen LogP contribution in [-0.4, -0.2) is 40.7 Å². The molecule has 0 saturated heterocycles. The van der Waals surface area contributed by atoms with Gasteiger partial charge in [0.25, 0.3) is 0 Å². The quantitative estimate of drug-likeness (QED) is 0.597. The molecule has 138 valence electrons. The van der Waals surface area contributed by atoms with E-state index in [1.165, 1.54) is 23.5 Å². The zero-order chi connectivity index (χ0) is 18.7. The molecule has 0 unspecified atom stereocenters. The molecule has 11 heteroatoms. The molecular weight excluding hydrogens is 376 g/mol. The van der Waals surface area contributed by atoms with Gasteiger partial charge < -0.3 is 5.32 Å². The summed E-state index contributed by atoms with van der Waals surface area (Å²) in [6.45, 7) is 2.30. The number of primary sulfonamides is 1. The Kier molecular flexibility index (Phi) is 5.30. The maximum atomic E-state index is 11.9. The Hall–Kier alpha value is -2.37. The van der Waals surface area contributed by atoms with E-state index in [0.29, 0.717) is 25.8 Å². The molecule has 0 aliphatic heterocycles. The Morgan fingerprint density at radius 1 is 1.23 bits per heavy atom. The highest BCUT2D eigenvalue weighted by atomic mass is 32.2. The topological polar surface area (TPSA) is 132 Å². The summed E-state index contributed by atoms with van der Waals surface area (Å²) in [5, 5.41) is 21.0. The molecule has 3 rings (SSSR count). The van der Waals surface area contributed by atoms with Crippen LogP contribution in [0.1, 0.15) is 22.8 Å².